The molecule has 1 amide bonds. The zero-order valence-corrected chi connectivity index (χ0v) is 16.6. The van der Waals surface area contributed by atoms with Crippen molar-refractivity contribution in [2.45, 2.75) is 33.0 Å². The summed E-state index contributed by atoms with van der Waals surface area (Å²) in [5.41, 5.74) is 1.12. The fraction of sp³-hybridized carbons (Fsp3) is 0.316. The summed E-state index contributed by atoms with van der Waals surface area (Å²) in [7, 11) is -3.82. The van der Waals surface area contributed by atoms with Crippen molar-refractivity contribution in [1.29, 1.82) is 0 Å². The number of hydrogen-bond donors (Lipinski definition) is 1. The summed E-state index contributed by atoms with van der Waals surface area (Å²) in [5.74, 6) is -0.747. The monoisotopic (exact) mass is 414 g/mol. The molecule has 0 saturated carbocycles. The number of halogens is 3. The van der Waals surface area contributed by atoms with Crippen LogP contribution in [0.2, 0.25) is 0 Å². The first-order valence-electron chi connectivity index (χ1n) is 8.35. The van der Waals surface area contributed by atoms with Crippen LogP contribution in [0.1, 0.15) is 23.6 Å². The lowest BCUT2D eigenvalue weighted by Crippen LogP contribution is -2.45. The number of carbonyl (C=O) groups excluding carboxylic acids is 1. The van der Waals surface area contributed by atoms with E-state index in [2.05, 4.69) is 5.32 Å². The van der Waals surface area contributed by atoms with Gasteiger partial charge in [0, 0.05) is 5.69 Å². The Bertz CT molecular complexity index is 988. The van der Waals surface area contributed by atoms with E-state index in [1.54, 1.807) is 18.2 Å². The Morgan fingerprint density at radius 1 is 1.07 bits per heavy atom. The third-order valence-corrected chi connectivity index (χ3v) is 5.53. The number of benzene rings is 2. The highest BCUT2D eigenvalue weighted by Crippen LogP contribution is 2.31. The summed E-state index contributed by atoms with van der Waals surface area (Å²) in [6.45, 7) is 5.06. The van der Waals surface area contributed by atoms with Crippen LogP contribution in [0.3, 0.4) is 0 Å². The lowest BCUT2D eigenvalue weighted by atomic mass is 10.1. The molecule has 2 aromatic rings. The standard InChI is InChI=1S/C19H21F3N2O3S/c1-12-8-9-17(10-13(12)2)24(28(4,26)27)14(3)18(25)23-16-7-5-6-15(11-16)19(20,21)22/h5-11,14H,1-4H3,(H,23,25)/t14-/m1/s1. The highest BCUT2D eigenvalue weighted by Gasteiger charge is 2.32. The Hall–Kier alpha value is -2.55. The first kappa shape index (κ1) is 21.7. The molecule has 0 unspecified atom stereocenters. The Balaban J connectivity index is 2.33. The van der Waals surface area contributed by atoms with E-state index in [1.165, 1.54) is 19.1 Å². The molecule has 28 heavy (non-hydrogen) atoms. The van der Waals surface area contributed by atoms with Gasteiger partial charge in [-0.25, -0.2) is 8.42 Å². The SMILES string of the molecule is Cc1ccc(N([C@H](C)C(=O)Nc2cccc(C(F)(F)F)c2)S(C)(=O)=O)cc1C. The third-order valence-electron chi connectivity index (χ3n) is 4.29. The highest BCUT2D eigenvalue weighted by molar-refractivity contribution is 7.92. The molecular formula is C19H21F3N2O3S. The van der Waals surface area contributed by atoms with E-state index in [9.17, 15) is 26.4 Å². The van der Waals surface area contributed by atoms with Crippen LogP contribution in [0.15, 0.2) is 42.5 Å². The Labute approximate surface area is 162 Å². The molecule has 0 heterocycles. The molecule has 0 aliphatic carbocycles. The summed E-state index contributed by atoms with van der Waals surface area (Å²) in [6, 6.07) is 7.94. The normalized spacial score (nSPS) is 13.1. The average molecular weight is 414 g/mol. The minimum absolute atomic E-state index is 0.0692. The summed E-state index contributed by atoms with van der Waals surface area (Å²) in [5, 5.41) is 2.36. The van der Waals surface area contributed by atoms with Gasteiger partial charge in [-0.05, 0) is 62.2 Å². The molecule has 1 N–H and O–H groups in total. The van der Waals surface area contributed by atoms with Gasteiger partial charge in [0.2, 0.25) is 15.9 Å². The van der Waals surface area contributed by atoms with Crippen molar-refractivity contribution in [2.75, 3.05) is 15.9 Å². The van der Waals surface area contributed by atoms with Crippen molar-refractivity contribution in [1.82, 2.24) is 0 Å². The summed E-state index contributed by atoms with van der Waals surface area (Å²) in [6.07, 6.45) is -3.58. The molecule has 9 heteroatoms. The number of hydrogen-bond acceptors (Lipinski definition) is 3. The lowest BCUT2D eigenvalue weighted by molar-refractivity contribution is -0.137. The number of nitrogens with zero attached hydrogens (tertiary/aromatic N) is 1. The molecule has 0 aliphatic heterocycles. The second-order valence-corrected chi connectivity index (χ2v) is 8.43. The smallest absolute Gasteiger partial charge is 0.324 e. The molecule has 152 valence electrons. The quantitative estimate of drug-likeness (QED) is 0.801. The van der Waals surface area contributed by atoms with Gasteiger partial charge < -0.3 is 5.32 Å². The van der Waals surface area contributed by atoms with Gasteiger partial charge in [0.15, 0.2) is 0 Å². The zero-order valence-electron chi connectivity index (χ0n) is 15.8. The van der Waals surface area contributed by atoms with Crippen LogP contribution in [0.5, 0.6) is 0 Å². The maximum Gasteiger partial charge on any atom is 0.416 e. The van der Waals surface area contributed by atoms with Crippen LogP contribution < -0.4 is 9.62 Å². The van der Waals surface area contributed by atoms with Crippen LogP contribution in [0.4, 0.5) is 24.5 Å². The number of rotatable bonds is 5. The molecule has 2 rings (SSSR count). The van der Waals surface area contributed by atoms with Crippen molar-refractivity contribution in [2.24, 2.45) is 0 Å². The van der Waals surface area contributed by atoms with Crippen LogP contribution >= 0.6 is 0 Å². The molecule has 0 aliphatic rings. The molecule has 2 aromatic carbocycles. The minimum atomic E-state index is -4.55. The number of carbonyl (C=O) groups is 1. The third kappa shape index (κ3) is 5.03. The molecule has 0 bridgehead atoms. The van der Waals surface area contributed by atoms with E-state index in [-0.39, 0.29) is 5.69 Å². The van der Waals surface area contributed by atoms with Crippen molar-refractivity contribution in [3.8, 4) is 0 Å². The van der Waals surface area contributed by atoms with Gasteiger partial charge in [-0.3, -0.25) is 9.10 Å². The van der Waals surface area contributed by atoms with E-state index >= 15 is 0 Å². The minimum Gasteiger partial charge on any atom is -0.324 e. The van der Waals surface area contributed by atoms with Crippen molar-refractivity contribution in [3.05, 3.63) is 59.2 Å². The molecule has 1 atom stereocenters. The Morgan fingerprint density at radius 3 is 2.25 bits per heavy atom. The molecule has 0 radical (unpaired) electrons. The van der Waals surface area contributed by atoms with Crippen LogP contribution in [-0.2, 0) is 21.0 Å². The van der Waals surface area contributed by atoms with Crippen LogP contribution in [-0.4, -0.2) is 26.6 Å². The first-order valence-corrected chi connectivity index (χ1v) is 10.2. The van der Waals surface area contributed by atoms with Crippen molar-refractivity contribution >= 4 is 27.3 Å². The number of alkyl halides is 3. The maximum absolute atomic E-state index is 12.8. The molecule has 0 fully saturated rings. The van der Waals surface area contributed by atoms with Crippen LogP contribution in [0.25, 0.3) is 0 Å². The number of anilines is 2. The highest BCUT2D eigenvalue weighted by atomic mass is 32.2. The number of nitrogens with one attached hydrogen (secondary N) is 1. The number of sulfonamides is 1. The largest absolute Gasteiger partial charge is 0.416 e. The second kappa shape index (κ2) is 7.83. The van der Waals surface area contributed by atoms with Gasteiger partial charge in [-0.15, -0.1) is 0 Å². The molecular weight excluding hydrogens is 393 g/mol. The molecule has 0 aromatic heterocycles. The summed E-state index contributed by atoms with van der Waals surface area (Å²) < 4.78 is 64.1. The Morgan fingerprint density at radius 2 is 1.71 bits per heavy atom. The van der Waals surface area contributed by atoms with E-state index in [1.807, 2.05) is 13.8 Å². The molecule has 0 saturated heterocycles. The zero-order chi connectivity index (χ0) is 21.3. The van der Waals surface area contributed by atoms with Gasteiger partial charge in [-0.2, -0.15) is 13.2 Å². The first-order chi connectivity index (χ1) is 12.8. The fourth-order valence-corrected chi connectivity index (χ4v) is 3.86. The number of amides is 1. The van der Waals surface area contributed by atoms with E-state index in [4.69, 9.17) is 0 Å². The maximum atomic E-state index is 12.8. The van der Waals surface area contributed by atoms with Crippen molar-refractivity contribution in [3.63, 3.8) is 0 Å². The summed E-state index contributed by atoms with van der Waals surface area (Å²) in [4.78, 5) is 12.6. The topological polar surface area (TPSA) is 66.5 Å². The van der Waals surface area contributed by atoms with Gasteiger partial charge in [0.05, 0.1) is 17.5 Å². The lowest BCUT2D eigenvalue weighted by Gasteiger charge is -2.28. The van der Waals surface area contributed by atoms with Gasteiger partial charge in [0.25, 0.3) is 0 Å². The van der Waals surface area contributed by atoms with Gasteiger partial charge >= 0.3 is 6.18 Å². The molecule has 5 nitrogen and oxygen atoms in total. The van der Waals surface area contributed by atoms with Crippen molar-refractivity contribution < 1.29 is 26.4 Å². The van der Waals surface area contributed by atoms with E-state index in [0.717, 1.165) is 33.8 Å². The Kier molecular flexibility index (Phi) is 6.08. The van der Waals surface area contributed by atoms with E-state index in [0.29, 0.717) is 5.69 Å². The predicted octanol–water partition coefficient (Wildman–Crippen LogP) is 4.12. The second-order valence-electron chi connectivity index (χ2n) is 6.57. The molecule has 0 spiro atoms. The average Bonchev–Trinajstić information content (AvgIpc) is 2.56. The predicted molar refractivity (Wildman–Crippen MR) is 103 cm³/mol. The summed E-state index contributed by atoms with van der Waals surface area (Å²) >= 11 is 0. The number of aryl methyl sites for hydroxylation is 2. The van der Waals surface area contributed by atoms with Gasteiger partial charge in [0.1, 0.15) is 6.04 Å². The van der Waals surface area contributed by atoms with Crippen LogP contribution in [0, 0.1) is 13.8 Å². The van der Waals surface area contributed by atoms with Gasteiger partial charge in [-0.1, -0.05) is 12.1 Å². The fourth-order valence-electron chi connectivity index (χ4n) is 2.69. The van der Waals surface area contributed by atoms with E-state index < -0.39 is 33.7 Å².